The van der Waals surface area contributed by atoms with Crippen molar-refractivity contribution in [1.82, 2.24) is 10.6 Å². The summed E-state index contributed by atoms with van der Waals surface area (Å²) >= 11 is 0. The molecule has 0 bridgehead atoms. The summed E-state index contributed by atoms with van der Waals surface area (Å²) in [4.78, 5) is 34.5. The van der Waals surface area contributed by atoms with Crippen LogP contribution in [-0.2, 0) is 23.9 Å². The Bertz CT molecular complexity index is 392. The molecule has 0 atom stereocenters. The first-order valence-corrected chi connectivity index (χ1v) is 8.25. The molecule has 7 nitrogen and oxygen atoms in total. The molecule has 0 spiro atoms. The van der Waals surface area contributed by atoms with Crippen molar-refractivity contribution in [3.63, 3.8) is 0 Å². The molecule has 132 valence electrons. The number of ether oxygens (including phenoxy) is 2. The van der Waals surface area contributed by atoms with E-state index in [0.29, 0.717) is 19.8 Å². The summed E-state index contributed by atoms with van der Waals surface area (Å²) in [5.74, 6) is -0.316. The zero-order valence-corrected chi connectivity index (χ0v) is 14.1. The smallest absolute Gasteiger partial charge is 0.246 e. The lowest BCUT2D eigenvalue weighted by Gasteiger charge is -2.28. The fourth-order valence-corrected chi connectivity index (χ4v) is 2.55. The second-order valence-corrected chi connectivity index (χ2v) is 5.79. The SMILES string of the molecule is CCOCCOCC(=O)N[C@H]1CC[C@@H](C(=O)NCC(C)=O)CC1. The van der Waals surface area contributed by atoms with E-state index in [0.717, 1.165) is 25.7 Å². The molecule has 0 unspecified atom stereocenters. The van der Waals surface area contributed by atoms with Gasteiger partial charge in [0.05, 0.1) is 19.8 Å². The van der Waals surface area contributed by atoms with Crippen LogP contribution in [0.4, 0.5) is 0 Å². The van der Waals surface area contributed by atoms with E-state index >= 15 is 0 Å². The molecule has 23 heavy (non-hydrogen) atoms. The van der Waals surface area contributed by atoms with Gasteiger partial charge in [-0.25, -0.2) is 0 Å². The molecule has 1 rings (SSSR count). The van der Waals surface area contributed by atoms with Crippen molar-refractivity contribution in [2.45, 2.75) is 45.6 Å². The molecule has 1 aliphatic rings. The van der Waals surface area contributed by atoms with Gasteiger partial charge in [0.1, 0.15) is 12.4 Å². The number of hydrogen-bond acceptors (Lipinski definition) is 5. The average Bonchev–Trinajstić information content (AvgIpc) is 2.53. The lowest BCUT2D eigenvalue weighted by Crippen LogP contribution is -2.42. The molecule has 7 heteroatoms. The second-order valence-electron chi connectivity index (χ2n) is 5.79. The molecule has 0 aromatic carbocycles. The average molecular weight is 328 g/mol. The first-order valence-electron chi connectivity index (χ1n) is 8.25. The Hall–Kier alpha value is -1.47. The molecule has 0 aromatic heterocycles. The Morgan fingerprint density at radius 3 is 2.30 bits per heavy atom. The van der Waals surface area contributed by atoms with Gasteiger partial charge in [0.2, 0.25) is 11.8 Å². The molecule has 0 heterocycles. The van der Waals surface area contributed by atoms with Crippen LogP contribution in [0.25, 0.3) is 0 Å². The number of rotatable bonds is 10. The van der Waals surface area contributed by atoms with E-state index in [9.17, 15) is 14.4 Å². The number of amides is 2. The van der Waals surface area contributed by atoms with E-state index in [1.54, 1.807) is 0 Å². The van der Waals surface area contributed by atoms with Crippen LogP contribution >= 0.6 is 0 Å². The van der Waals surface area contributed by atoms with Gasteiger partial charge in [-0.1, -0.05) is 0 Å². The van der Waals surface area contributed by atoms with Crippen molar-refractivity contribution in [3.05, 3.63) is 0 Å². The number of carbonyl (C=O) groups is 3. The summed E-state index contributed by atoms with van der Waals surface area (Å²) in [6.45, 7) is 5.01. The molecule has 2 amide bonds. The van der Waals surface area contributed by atoms with Gasteiger partial charge in [-0.2, -0.15) is 0 Å². The monoisotopic (exact) mass is 328 g/mol. The lowest BCUT2D eigenvalue weighted by molar-refractivity contribution is -0.129. The van der Waals surface area contributed by atoms with E-state index in [1.807, 2.05) is 6.92 Å². The van der Waals surface area contributed by atoms with Crippen LogP contribution in [-0.4, -0.2) is 56.6 Å². The molecule has 0 radical (unpaired) electrons. The molecular weight excluding hydrogens is 300 g/mol. The highest BCUT2D eigenvalue weighted by Gasteiger charge is 2.26. The highest BCUT2D eigenvalue weighted by atomic mass is 16.5. The number of carbonyl (C=O) groups excluding carboxylic acids is 3. The zero-order valence-electron chi connectivity index (χ0n) is 14.1. The first-order chi connectivity index (χ1) is 11.0. The maximum absolute atomic E-state index is 11.9. The van der Waals surface area contributed by atoms with Crippen LogP contribution in [0.3, 0.4) is 0 Å². The van der Waals surface area contributed by atoms with Crippen molar-refractivity contribution in [2.24, 2.45) is 5.92 Å². The van der Waals surface area contributed by atoms with Crippen LogP contribution in [0, 0.1) is 5.92 Å². The van der Waals surface area contributed by atoms with Gasteiger partial charge in [-0.15, -0.1) is 0 Å². The topological polar surface area (TPSA) is 93.7 Å². The normalized spacial score (nSPS) is 20.8. The van der Waals surface area contributed by atoms with Gasteiger partial charge in [0.15, 0.2) is 0 Å². The molecule has 0 aliphatic heterocycles. The predicted octanol–water partition coefficient (Wildman–Crippen LogP) is 0.420. The van der Waals surface area contributed by atoms with Crippen molar-refractivity contribution in [3.8, 4) is 0 Å². The van der Waals surface area contributed by atoms with E-state index in [1.165, 1.54) is 6.92 Å². The summed E-state index contributed by atoms with van der Waals surface area (Å²) < 4.78 is 10.3. The van der Waals surface area contributed by atoms with Gasteiger partial charge in [0.25, 0.3) is 0 Å². The van der Waals surface area contributed by atoms with Crippen molar-refractivity contribution < 1.29 is 23.9 Å². The lowest BCUT2D eigenvalue weighted by atomic mass is 9.85. The molecule has 0 saturated heterocycles. The third-order valence-electron chi connectivity index (χ3n) is 3.78. The zero-order chi connectivity index (χ0) is 17.1. The number of hydrogen-bond donors (Lipinski definition) is 2. The Kier molecular flexibility index (Phi) is 9.47. The largest absolute Gasteiger partial charge is 0.379 e. The van der Waals surface area contributed by atoms with Gasteiger partial charge in [-0.05, 0) is 39.5 Å². The van der Waals surface area contributed by atoms with E-state index in [-0.39, 0.29) is 42.7 Å². The second kappa shape index (κ2) is 11.1. The molecule has 2 N–H and O–H groups in total. The van der Waals surface area contributed by atoms with E-state index in [4.69, 9.17) is 9.47 Å². The number of ketones is 1. The fraction of sp³-hybridized carbons (Fsp3) is 0.812. The summed E-state index contributed by atoms with van der Waals surface area (Å²) in [6.07, 6.45) is 2.98. The summed E-state index contributed by atoms with van der Waals surface area (Å²) in [5, 5.41) is 5.57. The molecular formula is C16H28N2O5. The Labute approximate surface area is 137 Å². The van der Waals surface area contributed by atoms with Crippen LogP contribution in [0.2, 0.25) is 0 Å². The van der Waals surface area contributed by atoms with Crippen LogP contribution in [0.15, 0.2) is 0 Å². The minimum atomic E-state index is -0.133. The molecule has 1 saturated carbocycles. The molecule has 0 aromatic rings. The standard InChI is InChI=1S/C16H28N2O5/c1-3-22-8-9-23-11-15(20)18-14-6-4-13(5-7-14)16(21)17-10-12(2)19/h13-14H,3-11H2,1-2H3,(H,17,21)(H,18,20)/t13-,14+. The summed E-state index contributed by atoms with van der Waals surface area (Å²) in [5.41, 5.74) is 0. The highest BCUT2D eigenvalue weighted by molar-refractivity contribution is 5.85. The molecule has 1 fully saturated rings. The third kappa shape index (κ3) is 8.66. The quantitative estimate of drug-likeness (QED) is 0.567. The summed E-state index contributed by atoms with van der Waals surface area (Å²) in [7, 11) is 0. The van der Waals surface area contributed by atoms with Gasteiger partial charge >= 0.3 is 0 Å². The summed E-state index contributed by atoms with van der Waals surface area (Å²) in [6, 6.07) is 0.0925. The number of nitrogens with one attached hydrogen (secondary N) is 2. The fourth-order valence-electron chi connectivity index (χ4n) is 2.55. The van der Waals surface area contributed by atoms with Gasteiger partial charge < -0.3 is 20.1 Å². The molecule has 1 aliphatic carbocycles. The Morgan fingerprint density at radius 2 is 1.70 bits per heavy atom. The maximum atomic E-state index is 11.9. The van der Waals surface area contributed by atoms with Gasteiger partial charge in [0, 0.05) is 18.6 Å². The minimum absolute atomic E-state index is 0.0338. The van der Waals surface area contributed by atoms with Gasteiger partial charge in [-0.3, -0.25) is 14.4 Å². The number of Topliss-reactive ketones (excluding diaryl/α,β-unsaturated/α-hetero) is 1. The van der Waals surface area contributed by atoms with Crippen molar-refractivity contribution in [1.29, 1.82) is 0 Å². The Balaban J connectivity index is 2.14. The highest BCUT2D eigenvalue weighted by Crippen LogP contribution is 2.24. The predicted molar refractivity (Wildman–Crippen MR) is 84.9 cm³/mol. The van der Waals surface area contributed by atoms with Crippen LogP contribution in [0.1, 0.15) is 39.5 Å². The third-order valence-corrected chi connectivity index (χ3v) is 3.78. The van der Waals surface area contributed by atoms with Crippen LogP contribution in [0.5, 0.6) is 0 Å². The van der Waals surface area contributed by atoms with Crippen LogP contribution < -0.4 is 10.6 Å². The first kappa shape index (κ1) is 19.6. The van der Waals surface area contributed by atoms with Crippen molar-refractivity contribution >= 4 is 17.6 Å². The van der Waals surface area contributed by atoms with E-state index < -0.39 is 0 Å². The Morgan fingerprint density at radius 1 is 1.04 bits per heavy atom. The van der Waals surface area contributed by atoms with E-state index in [2.05, 4.69) is 10.6 Å². The van der Waals surface area contributed by atoms with Crippen molar-refractivity contribution in [2.75, 3.05) is 33.0 Å². The maximum Gasteiger partial charge on any atom is 0.246 e. The minimum Gasteiger partial charge on any atom is -0.379 e.